The van der Waals surface area contributed by atoms with E-state index in [1.165, 1.54) is 18.2 Å². The SMILES string of the molecule is Cc1ccc(C(=O)N/C(=C\c2cccc(F)c2)C(=O)N2CC3CC(C2)c2cccc(=O)n2C3)cc1. The molecule has 0 saturated carbocycles. The van der Waals surface area contributed by atoms with Gasteiger partial charge >= 0.3 is 0 Å². The molecule has 0 radical (unpaired) electrons. The topological polar surface area (TPSA) is 71.4 Å². The Hall–Kier alpha value is -4.00. The largest absolute Gasteiger partial charge is 0.336 e. The highest BCUT2D eigenvalue weighted by molar-refractivity contribution is 6.05. The molecule has 2 atom stereocenters. The number of nitrogens with one attached hydrogen (secondary N) is 1. The van der Waals surface area contributed by atoms with Crippen LogP contribution in [0.15, 0.2) is 77.2 Å². The van der Waals surface area contributed by atoms with Gasteiger partial charge in [-0.15, -0.1) is 0 Å². The molecular formula is C28H26FN3O3. The maximum atomic E-state index is 13.8. The smallest absolute Gasteiger partial charge is 0.270 e. The zero-order valence-corrected chi connectivity index (χ0v) is 19.4. The molecule has 7 heteroatoms. The van der Waals surface area contributed by atoms with Gasteiger partial charge < -0.3 is 14.8 Å². The zero-order valence-electron chi connectivity index (χ0n) is 19.4. The van der Waals surface area contributed by atoms with E-state index >= 15 is 0 Å². The van der Waals surface area contributed by atoms with Crippen LogP contribution in [0.4, 0.5) is 4.39 Å². The maximum absolute atomic E-state index is 13.8. The normalized spacial score (nSPS) is 19.1. The van der Waals surface area contributed by atoms with Crippen molar-refractivity contribution in [3.8, 4) is 0 Å². The van der Waals surface area contributed by atoms with E-state index in [1.54, 1.807) is 41.3 Å². The van der Waals surface area contributed by atoms with Crippen molar-refractivity contribution in [3.63, 3.8) is 0 Å². The number of hydrogen-bond donors (Lipinski definition) is 1. The van der Waals surface area contributed by atoms with Gasteiger partial charge in [-0.25, -0.2) is 4.39 Å². The number of amides is 2. The Bertz CT molecular complexity index is 1380. The number of pyridine rings is 1. The molecule has 3 heterocycles. The van der Waals surface area contributed by atoms with E-state index in [4.69, 9.17) is 0 Å². The van der Waals surface area contributed by atoms with E-state index in [2.05, 4.69) is 5.32 Å². The number of nitrogens with zero attached hydrogens (tertiary/aromatic N) is 2. The van der Waals surface area contributed by atoms with Crippen molar-refractivity contribution in [3.05, 3.63) is 111 Å². The van der Waals surface area contributed by atoms with Crippen molar-refractivity contribution >= 4 is 17.9 Å². The van der Waals surface area contributed by atoms with Gasteiger partial charge in [0, 0.05) is 42.9 Å². The number of aromatic nitrogens is 1. The number of fused-ring (bicyclic) bond motifs is 4. The Labute approximate surface area is 202 Å². The lowest BCUT2D eigenvalue weighted by atomic mass is 9.83. The van der Waals surface area contributed by atoms with Crippen LogP contribution in [0.1, 0.15) is 39.5 Å². The summed E-state index contributed by atoms with van der Waals surface area (Å²) in [5.74, 6) is -0.965. The van der Waals surface area contributed by atoms with Crippen LogP contribution in [0.5, 0.6) is 0 Å². The fourth-order valence-corrected chi connectivity index (χ4v) is 5.05. The Morgan fingerprint density at radius 3 is 2.54 bits per heavy atom. The lowest BCUT2D eigenvalue weighted by molar-refractivity contribution is -0.130. The standard InChI is InChI=1S/C28H26FN3O3/c1-18-8-10-21(11-9-18)27(34)30-24(14-19-4-2-5-23(29)13-19)28(35)31-15-20-12-22(17-31)25-6-3-7-26(33)32(25)16-20/h2-11,13-14,20,22H,12,15-17H2,1H3,(H,30,34)/b24-14-. The first-order valence-corrected chi connectivity index (χ1v) is 11.7. The lowest BCUT2D eigenvalue weighted by Crippen LogP contribution is -2.50. The van der Waals surface area contributed by atoms with Gasteiger partial charge in [0.25, 0.3) is 17.4 Å². The van der Waals surface area contributed by atoms with E-state index in [-0.39, 0.29) is 29.0 Å². The number of carbonyl (C=O) groups excluding carboxylic acids is 2. The molecule has 1 aromatic heterocycles. The average Bonchev–Trinajstić information content (AvgIpc) is 2.84. The second kappa shape index (κ2) is 9.33. The molecule has 2 aliphatic rings. The molecule has 2 unspecified atom stereocenters. The first-order chi connectivity index (χ1) is 16.9. The monoisotopic (exact) mass is 471 g/mol. The highest BCUT2D eigenvalue weighted by atomic mass is 19.1. The molecule has 3 aromatic rings. The third kappa shape index (κ3) is 4.80. The molecule has 178 valence electrons. The second-order valence-corrected chi connectivity index (χ2v) is 9.34. The summed E-state index contributed by atoms with van der Waals surface area (Å²) in [6, 6.07) is 18.2. The Morgan fingerprint density at radius 1 is 1.00 bits per heavy atom. The van der Waals surface area contributed by atoms with Crippen LogP contribution in [0.2, 0.25) is 0 Å². The van der Waals surface area contributed by atoms with Gasteiger partial charge in [0.2, 0.25) is 0 Å². The number of aryl methyl sites for hydroxylation is 1. The third-order valence-electron chi connectivity index (χ3n) is 6.72. The fourth-order valence-electron chi connectivity index (χ4n) is 5.05. The highest BCUT2D eigenvalue weighted by Gasteiger charge is 2.37. The van der Waals surface area contributed by atoms with Crippen molar-refractivity contribution < 1.29 is 14.0 Å². The van der Waals surface area contributed by atoms with Crippen molar-refractivity contribution in [2.45, 2.75) is 25.8 Å². The number of piperidine rings is 1. The summed E-state index contributed by atoms with van der Waals surface area (Å²) in [6.45, 7) is 3.42. The molecule has 2 amide bonds. The van der Waals surface area contributed by atoms with Gasteiger partial charge in [0.15, 0.2) is 0 Å². The van der Waals surface area contributed by atoms with Crippen LogP contribution in [-0.4, -0.2) is 34.4 Å². The highest BCUT2D eigenvalue weighted by Crippen LogP contribution is 2.35. The minimum Gasteiger partial charge on any atom is -0.336 e. The second-order valence-electron chi connectivity index (χ2n) is 9.34. The predicted molar refractivity (Wildman–Crippen MR) is 131 cm³/mol. The molecule has 0 spiro atoms. The van der Waals surface area contributed by atoms with Crippen molar-refractivity contribution in [1.29, 1.82) is 0 Å². The van der Waals surface area contributed by atoms with E-state index in [1.807, 2.05) is 29.7 Å². The van der Waals surface area contributed by atoms with Crippen LogP contribution in [-0.2, 0) is 11.3 Å². The molecule has 6 nitrogen and oxygen atoms in total. The van der Waals surface area contributed by atoms with Crippen molar-refractivity contribution in [1.82, 2.24) is 14.8 Å². The summed E-state index contributed by atoms with van der Waals surface area (Å²) in [7, 11) is 0. The third-order valence-corrected chi connectivity index (χ3v) is 6.72. The summed E-state index contributed by atoms with van der Waals surface area (Å²) in [5.41, 5.74) is 2.93. The summed E-state index contributed by atoms with van der Waals surface area (Å²) in [5, 5.41) is 2.77. The van der Waals surface area contributed by atoms with Crippen LogP contribution in [0.25, 0.3) is 6.08 Å². The predicted octanol–water partition coefficient (Wildman–Crippen LogP) is 3.71. The van der Waals surface area contributed by atoms with Crippen molar-refractivity contribution in [2.24, 2.45) is 5.92 Å². The van der Waals surface area contributed by atoms with Crippen LogP contribution in [0, 0.1) is 18.7 Å². The van der Waals surface area contributed by atoms with E-state index in [0.717, 1.165) is 17.7 Å². The number of benzene rings is 2. The van der Waals surface area contributed by atoms with Crippen LogP contribution in [0.3, 0.4) is 0 Å². The summed E-state index contributed by atoms with van der Waals surface area (Å²) < 4.78 is 15.6. The molecular weight excluding hydrogens is 445 g/mol. The minimum atomic E-state index is -0.426. The average molecular weight is 472 g/mol. The van der Waals surface area contributed by atoms with Gasteiger partial charge in [0.05, 0.1) is 0 Å². The lowest BCUT2D eigenvalue weighted by Gasteiger charge is -2.43. The summed E-state index contributed by atoms with van der Waals surface area (Å²) >= 11 is 0. The molecule has 0 aliphatic carbocycles. The number of likely N-dealkylation sites (tertiary alicyclic amines) is 1. The molecule has 1 N–H and O–H groups in total. The molecule has 2 aromatic carbocycles. The molecule has 5 rings (SSSR count). The van der Waals surface area contributed by atoms with Crippen LogP contribution >= 0.6 is 0 Å². The van der Waals surface area contributed by atoms with E-state index in [9.17, 15) is 18.8 Å². The molecule has 2 bridgehead atoms. The number of carbonyl (C=O) groups is 2. The first-order valence-electron chi connectivity index (χ1n) is 11.7. The first kappa shape index (κ1) is 22.8. The Kier molecular flexibility index (Phi) is 6.07. The minimum absolute atomic E-state index is 0.0194. The number of halogens is 1. The van der Waals surface area contributed by atoms with Gasteiger partial charge in [-0.05, 0) is 61.2 Å². The zero-order chi connectivity index (χ0) is 24.5. The van der Waals surface area contributed by atoms with Gasteiger partial charge in [-0.1, -0.05) is 35.9 Å². The number of rotatable bonds is 4. The molecule has 1 saturated heterocycles. The summed E-state index contributed by atoms with van der Waals surface area (Å²) in [4.78, 5) is 40.7. The fraction of sp³-hybridized carbons (Fsp3) is 0.250. The molecule has 35 heavy (non-hydrogen) atoms. The van der Waals surface area contributed by atoms with E-state index in [0.29, 0.717) is 30.8 Å². The Morgan fingerprint density at radius 2 is 1.77 bits per heavy atom. The maximum Gasteiger partial charge on any atom is 0.270 e. The van der Waals surface area contributed by atoms with E-state index < -0.39 is 11.7 Å². The van der Waals surface area contributed by atoms with Crippen molar-refractivity contribution in [2.75, 3.05) is 13.1 Å². The molecule has 1 fully saturated rings. The number of hydrogen-bond acceptors (Lipinski definition) is 3. The van der Waals surface area contributed by atoms with Gasteiger partial charge in [-0.2, -0.15) is 0 Å². The van der Waals surface area contributed by atoms with Gasteiger partial charge in [0.1, 0.15) is 11.5 Å². The molecule has 2 aliphatic heterocycles. The summed E-state index contributed by atoms with van der Waals surface area (Å²) in [6.07, 6.45) is 2.42. The van der Waals surface area contributed by atoms with Gasteiger partial charge in [-0.3, -0.25) is 14.4 Å². The quantitative estimate of drug-likeness (QED) is 0.590. The van der Waals surface area contributed by atoms with Crippen LogP contribution < -0.4 is 10.9 Å². The Balaban J connectivity index is 1.44.